The molecule has 2 aromatic rings. The van der Waals surface area contributed by atoms with Crippen molar-refractivity contribution in [3.8, 4) is 5.75 Å². The summed E-state index contributed by atoms with van der Waals surface area (Å²) in [5.41, 5.74) is 4.39. The number of anilines is 1. The van der Waals surface area contributed by atoms with Crippen molar-refractivity contribution in [3.63, 3.8) is 0 Å². The minimum absolute atomic E-state index is 0.179. The van der Waals surface area contributed by atoms with Crippen LogP contribution in [0.3, 0.4) is 0 Å². The maximum absolute atomic E-state index is 10.1. The van der Waals surface area contributed by atoms with Gasteiger partial charge in [-0.1, -0.05) is 6.07 Å². The molecular weight excluding hydrogens is 342 g/mol. The molecule has 1 aromatic heterocycles. The van der Waals surface area contributed by atoms with Crippen molar-refractivity contribution in [3.05, 3.63) is 53.2 Å². The van der Waals surface area contributed by atoms with E-state index in [0.29, 0.717) is 25.7 Å². The number of aliphatic hydroxyl groups excluding tert-OH is 1. The van der Waals surface area contributed by atoms with Crippen molar-refractivity contribution in [2.75, 3.05) is 25.1 Å². The normalized spacial score (nSPS) is 24.1. The molecule has 0 spiro atoms. The number of β-amino-alcohol motifs (C(OH)–C–C–N with tert-alkyl or cyclic N) is 1. The zero-order valence-corrected chi connectivity index (χ0v) is 15.3. The Bertz CT molecular complexity index is 894. The summed E-state index contributed by atoms with van der Waals surface area (Å²) in [6.07, 6.45) is 3.82. The SMILES string of the molecule is CO[C@H]1CN(c2cc(C3=NCc4ccc(OC5CC5)cc43)ccn2)C[C@@H]1O. The second kappa shape index (κ2) is 6.62. The van der Waals surface area contributed by atoms with Crippen LogP contribution in [0.1, 0.15) is 29.5 Å². The van der Waals surface area contributed by atoms with E-state index < -0.39 is 6.10 Å². The zero-order chi connectivity index (χ0) is 18.4. The Balaban J connectivity index is 1.42. The Labute approximate surface area is 158 Å². The summed E-state index contributed by atoms with van der Waals surface area (Å²) in [7, 11) is 1.63. The molecule has 6 nitrogen and oxygen atoms in total. The number of methoxy groups -OCH3 is 1. The Hall–Kier alpha value is -2.44. The summed E-state index contributed by atoms with van der Waals surface area (Å²) in [6, 6.07) is 10.3. The first kappa shape index (κ1) is 16.7. The minimum Gasteiger partial charge on any atom is -0.490 e. The molecule has 1 N–H and O–H groups in total. The van der Waals surface area contributed by atoms with Crippen LogP contribution >= 0.6 is 0 Å². The van der Waals surface area contributed by atoms with Gasteiger partial charge in [-0.3, -0.25) is 4.99 Å². The van der Waals surface area contributed by atoms with E-state index in [2.05, 4.69) is 22.0 Å². The van der Waals surface area contributed by atoms with Gasteiger partial charge >= 0.3 is 0 Å². The largest absolute Gasteiger partial charge is 0.490 e. The maximum atomic E-state index is 10.1. The van der Waals surface area contributed by atoms with Gasteiger partial charge in [0.05, 0.1) is 24.5 Å². The van der Waals surface area contributed by atoms with Gasteiger partial charge in [0, 0.05) is 37.5 Å². The number of pyridine rings is 1. The quantitative estimate of drug-likeness (QED) is 0.880. The van der Waals surface area contributed by atoms with Gasteiger partial charge in [0.2, 0.25) is 0 Å². The minimum atomic E-state index is -0.493. The summed E-state index contributed by atoms with van der Waals surface area (Å²) in [6.45, 7) is 1.86. The molecule has 1 saturated heterocycles. The molecule has 2 atom stereocenters. The molecule has 0 bridgehead atoms. The first-order chi connectivity index (χ1) is 13.2. The second-order valence-corrected chi connectivity index (χ2v) is 7.45. The Morgan fingerprint density at radius 3 is 2.81 bits per heavy atom. The third kappa shape index (κ3) is 3.19. The predicted octanol–water partition coefficient (Wildman–Crippen LogP) is 2.17. The van der Waals surface area contributed by atoms with Crippen molar-refractivity contribution in [2.24, 2.45) is 4.99 Å². The molecule has 2 aliphatic heterocycles. The van der Waals surface area contributed by atoms with E-state index in [1.165, 1.54) is 5.56 Å². The number of rotatable bonds is 5. The molecule has 0 radical (unpaired) electrons. The van der Waals surface area contributed by atoms with Crippen LogP contribution in [0.15, 0.2) is 41.5 Å². The summed E-state index contributed by atoms with van der Waals surface area (Å²) in [5, 5.41) is 10.1. The van der Waals surface area contributed by atoms with Gasteiger partial charge in [-0.15, -0.1) is 0 Å². The number of aliphatic hydroxyl groups is 1. The van der Waals surface area contributed by atoms with Crippen LogP contribution < -0.4 is 9.64 Å². The van der Waals surface area contributed by atoms with E-state index in [4.69, 9.17) is 14.5 Å². The van der Waals surface area contributed by atoms with E-state index in [0.717, 1.165) is 41.2 Å². The molecule has 1 aliphatic carbocycles. The fourth-order valence-corrected chi connectivity index (χ4v) is 3.78. The topological polar surface area (TPSA) is 67.2 Å². The van der Waals surface area contributed by atoms with Crippen molar-refractivity contribution in [2.45, 2.75) is 37.7 Å². The van der Waals surface area contributed by atoms with Gasteiger partial charge in [0.1, 0.15) is 17.7 Å². The van der Waals surface area contributed by atoms with Crippen LogP contribution in [0, 0.1) is 0 Å². The van der Waals surface area contributed by atoms with Crippen LogP contribution in [0.4, 0.5) is 5.82 Å². The Morgan fingerprint density at radius 2 is 2.04 bits per heavy atom. The number of hydrogen-bond donors (Lipinski definition) is 1. The first-order valence-corrected chi connectivity index (χ1v) is 9.48. The number of aromatic nitrogens is 1. The number of hydrogen-bond acceptors (Lipinski definition) is 6. The second-order valence-electron chi connectivity index (χ2n) is 7.45. The summed E-state index contributed by atoms with van der Waals surface area (Å²) in [4.78, 5) is 11.3. The predicted molar refractivity (Wildman–Crippen MR) is 103 cm³/mol. The number of fused-ring (bicyclic) bond motifs is 1. The zero-order valence-electron chi connectivity index (χ0n) is 15.3. The number of aliphatic imine (C=N–C) groups is 1. The van der Waals surface area contributed by atoms with E-state index in [1.54, 1.807) is 7.11 Å². The number of ether oxygens (including phenoxy) is 2. The fraction of sp³-hybridized carbons (Fsp3) is 0.429. The molecule has 1 aromatic carbocycles. The van der Waals surface area contributed by atoms with Crippen molar-refractivity contribution >= 4 is 11.5 Å². The van der Waals surface area contributed by atoms with E-state index in [-0.39, 0.29) is 6.10 Å². The summed E-state index contributed by atoms with van der Waals surface area (Å²) in [5.74, 6) is 1.76. The van der Waals surface area contributed by atoms with E-state index >= 15 is 0 Å². The molecule has 3 aliphatic rings. The highest BCUT2D eigenvalue weighted by Gasteiger charge is 2.32. The van der Waals surface area contributed by atoms with Crippen LogP contribution in [-0.4, -0.2) is 54.3 Å². The highest BCUT2D eigenvalue weighted by Crippen LogP contribution is 2.32. The van der Waals surface area contributed by atoms with Crippen molar-refractivity contribution in [1.29, 1.82) is 0 Å². The van der Waals surface area contributed by atoms with Gasteiger partial charge in [-0.05, 0) is 42.7 Å². The lowest BCUT2D eigenvalue weighted by molar-refractivity contribution is 0.0217. The van der Waals surface area contributed by atoms with Crippen LogP contribution in [0.2, 0.25) is 0 Å². The maximum Gasteiger partial charge on any atom is 0.129 e. The summed E-state index contributed by atoms with van der Waals surface area (Å²) >= 11 is 0. The van der Waals surface area contributed by atoms with Gasteiger partial charge < -0.3 is 19.5 Å². The fourth-order valence-electron chi connectivity index (χ4n) is 3.78. The molecule has 27 heavy (non-hydrogen) atoms. The van der Waals surface area contributed by atoms with Gasteiger partial charge in [-0.2, -0.15) is 0 Å². The molecule has 2 fully saturated rings. The van der Waals surface area contributed by atoms with Crippen LogP contribution in [0.5, 0.6) is 5.75 Å². The molecule has 1 saturated carbocycles. The number of nitrogens with zero attached hydrogens (tertiary/aromatic N) is 3. The van der Waals surface area contributed by atoms with Gasteiger partial charge in [0.25, 0.3) is 0 Å². The van der Waals surface area contributed by atoms with Crippen molar-refractivity contribution < 1.29 is 14.6 Å². The van der Waals surface area contributed by atoms with Crippen LogP contribution in [-0.2, 0) is 11.3 Å². The van der Waals surface area contributed by atoms with Gasteiger partial charge in [0.15, 0.2) is 0 Å². The van der Waals surface area contributed by atoms with Crippen LogP contribution in [0.25, 0.3) is 0 Å². The molecule has 140 valence electrons. The first-order valence-electron chi connectivity index (χ1n) is 9.48. The molecule has 0 unspecified atom stereocenters. The highest BCUT2D eigenvalue weighted by atomic mass is 16.5. The molecular formula is C21H23N3O3. The highest BCUT2D eigenvalue weighted by molar-refractivity contribution is 6.15. The molecule has 6 heteroatoms. The third-order valence-electron chi connectivity index (χ3n) is 5.45. The van der Waals surface area contributed by atoms with E-state index in [9.17, 15) is 5.11 Å². The smallest absolute Gasteiger partial charge is 0.129 e. The Morgan fingerprint density at radius 1 is 1.15 bits per heavy atom. The Kier molecular flexibility index (Phi) is 4.10. The number of benzene rings is 1. The summed E-state index contributed by atoms with van der Waals surface area (Å²) < 4.78 is 11.3. The lowest BCUT2D eigenvalue weighted by Crippen LogP contribution is -2.25. The monoisotopic (exact) mass is 365 g/mol. The third-order valence-corrected chi connectivity index (χ3v) is 5.45. The average molecular weight is 365 g/mol. The lowest BCUT2D eigenvalue weighted by atomic mass is 10.0. The molecule has 3 heterocycles. The van der Waals surface area contributed by atoms with Crippen molar-refractivity contribution in [1.82, 2.24) is 4.98 Å². The molecule has 5 rings (SSSR count). The lowest BCUT2D eigenvalue weighted by Gasteiger charge is -2.17. The average Bonchev–Trinajstić information content (AvgIpc) is 3.27. The molecule has 0 amide bonds. The van der Waals surface area contributed by atoms with E-state index in [1.807, 2.05) is 24.4 Å². The standard InChI is InChI=1S/C21H23N3O3/c1-26-19-12-24(11-18(19)25)20-8-13(6-7-22-20)21-17-9-16(27-15-4-5-15)3-2-14(17)10-23-21/h2-3,6-9,15,18-19,25H,4-5,10-12H2,1H3/t18-,19-/m0/s1. The van der Waals surface area contributed by atoms with Gasteiger partial charge in [-0.25, -0.2) is 4.98 Å².